The average Bonchev–Trinajstić information content (AvgIpc) is 2.93. The minimum Gasteiger partial charge on any atom is -0.352 e. The van der Waals surface area contributed by atoms with E-state index in [-0.39, 0.29) is 23.3 Å². The Morgan fingerprint density at radius 2 is 2.39 bits per heavy atom. The van der Waals surface area contributed by atoms with Crippen LogP contribution in [0.15, 0.2) is 23.6 Å². The molecule has 0 bridgehead atoms. The number of thiophene rings is 1. The molecule has 1 aliphatic rings. The summed E-state index contributed by atoms with van der Waals surface area (Å²) in [6, 6.07) is 3.85. The van der Waals surface area contributed by atoms with Crippen LogP contribution in [-0.2, 0) is 14.6 Å². The molecule has 1 atom stereocenters. The predicted octanol–water partition coefficient (Wildman–Crippen LogP) is 1.31. The van der Waals surface area contributed by atoms with Crippen molar-refractivity contribution in [3.8, 4) is 0 Å². The Morgan fingerprint density at radius 3 is 3.00 bits per heavy atom. The Balaban J connectivity index is 1.76. The smallest absolute Gasteiger partial charge is 0.244 e. The van der Waals surface area contributed by atoms with E-state index in [1.54, 1.807) is 17.4 Å². The van der Waals surface area contributed by atoms with Gasteiger partial charge in [0, 0.05) is 17.5 Å². The second-order valence-electron chi connectivity index (χ2n) is 4.36. The highest BCUT2D eigenvalue weighted by Crippen LogP contribution is 2.17. The third-order valence-corrected chi connectivity index (χ3v) is 5.51. The molecule has 1 aromatic heterocycles. The fourth-order valence-corrected chi connectivity index (χ4v) is 4.36. The van der Waals surface area contributed by atoms with E-state index in [2.05, 4.69) is 5.32 Å². The van der Waals surface area contributed by atoms with Crippen LogP contribution in [0.5, 0.6) is 0 Å². The molecule has 0 radical (unpaired) electrons. The molecule has 2 heterocycles. The van der Waals surface area contributed by atoms with Gasteiger partial charge in [0.15, 0.2) is 9.84 Å². The maximum Gasteiger partial charge on any atom is 0.244 e. The molecule has 0 aliphatic carbocycles. The van der Waals surface area contributed by atoms with Crippen LogP contribution in [0.3, 0.4) is 0 Å². The molecule has 6 heteroatoms. The van der Waals surface area contributed by atoms with Gasteiger partial charge in [-0.25, -0.2) is 8.42 Å². The van der Waals surface area contributed by atoms with Gasteiger partial charge in [-0.2, -0.15) is 0 Å². The highest BCUT2D eigenvalue weighted by molar-refractivity contribution is 7.91. The first kappa shape index (κ1) is 13.3. The number of nitrogens with one attached hydrogen (secondary N) is 1. The van der Waals surface area contributed by atoms with Gasteiger partial charge in [-0.15, -0.1) is 11.3 Å². The van der Waals surface area contributed by atoms with Gasteiger partial charge in [0.25, 0.3) is 0 Å². The molecule has 2 rings (SSSR count). The summed E-state index contributed by atoms with van der Waals surface area (Å²) in [6.07, 6.45) is 3.89. The topological polar surface area (TPSA) is 63.2 Å². The molecule has 18 heavy (non-hydrogen) atoms. The molecule has 1 N–H and O–H groups in total. The van der Waals surface area contributed by atoms with Crippen molar-refractivity contribution < 1.29 is 13.2 Å². The summed E-state index contributed by atoms with van der Waals surface area (Å²) < 4.78 is 22.5. The van der Waals surface area contributed by atoms with Crippen molar-refractivity contribution in [3.63, 3.8) is 0 Å². The maximum atomic E-state index is 11.5. The van der Waals surface area contributed by atoms with E-state index in [0.29, 0.717) is 13.0 Å². The van der Waals surface area contributed by atoms with Crippen LogP contribution in [-0.4, -0.2) is 32.4 Å². The largest absolute Gasteiger partial charge is 0.352 e. The minimum atomic E-state index is -2.86. The number of rotatable bonds is 4. The summed E-state index contributed by atoms with van der Waals surface area (Å²) in [4.78, 5) is 12.5. The summed E-state index contributed by atoms with van der Waals surface area (Å²) in [5.74, 6) is 0.335. The van der Waals surface area contributed by atoms with Gasteiger partial charge in [0.2, 0.25) is 5.91 Å². The van der Waals surface area contributed by atoms with Gasteiger partial charge in [0.05, 0.1) is 11.5 Å². The van der Waals surface area contributed by atoms with Crippen molar-refractivity contribution in [2.45, 2.75) is 6.42 Å². The number of carbonyl (C=O) groups excluding carboxylic acids is 1. The normalized spacial score (nSPS) is 22.3. The zero-order valence-corrected chi connectivity index (χ0v) is 11.5. The van der Waals surface area contributed by atoms with Crippen molar-refractivity contribution in [1.29, 1.82) is 0 Å². The highest BCUT2D eigenvalue weighted by atomic mass is 32.2. The third kappa shape index (κ3) is 3.96. The summed E-state index contributed by atoms with van der Waals surface area (Å²) >= 11 is 1.56. The molecular weight excluding hydrogens is 270 g/mol. The Morgan fingerprint density at radius 1 is 1.56 bits per heavy atom. The van der Waals surface area contributed by atoms with Crippen molar-refractivity contribution in [2.24, 2.45) is 5.92 Å². The van der Waals surface area contributed by atoms with Gasteiger partial charge in [-0.05, 0) is 29.9 Å². The first-order valence-corrected chi connectivity index (χ1v) is 8.45. The van der Waals surface area contributed by atoms with Crippen LogP contribution >= 0.6 is 11.3 Å². The van der Waals surface area contributed by atoms with Crippen LogP contribution in [0.1, 0.15) is 11.3 Å². The number of amides is 1. The summed E-state index contributed by atoms with van der Waals surface area (Å²) in [5, 5.41) is 4.68. The molecule has 0 saturated carbocycles. The van der Waals surface area contributed by atoms with Crippen LogP contribution in [0.4, 0.5) is 0 Å². The molecule has 0 aromatic carbocycles. The second-order valence-corrected chi connectivity index (χ2v) is 7.57. The number of hydrogen-bond donors (Lipinski definition) is 1. The first-order chi connectivity index (χ1) is 8.55. The van der Waals surface area contributed by atoms with Crippen LogP contribution in [0.2, 0.25) is 0 Å². The molecule has 1 unspecified atom stereocenters. The van der Waals surface area contributed by atoms with Gasteiger partial charge in [0.1, 0.15) is 0 Å². The number of carbonyl (C=O) groups is 1. The lowest BCUT2D eigenvalue weighted by Crippen LogP contribution is -2.28. The number of hydrogen-bond acceptors (Lipinski definition) is 4. The Labute approximate surface area is 111 Å². The molecule has 4 nitrogen and oxygen atoms in total. The van der Waals surface area contributed by atoms with E-state index < -0.39 is 9.84 Å². The van der Waals surface area contributed by atoms with E-state index in [1.165, 1.54) is 6.08 Å². The fourth-order valence-electron chi connectivity index (χ4n) is 1.88. The van der Waals surface area contributed by atoms with Crippen molar-refractivity contribution in [2.75, 3.05) is 18.1 Å². The summed E-state index contributed by atoms with van der Waals surface area (Å²) in [5.41, 5.74) is 0. The SMILES string of the molecule is O=C(/C=C/c1cccs1)NCC1CCS(=O)(=O)C1. The van der Waals surface area contributed by atoms with Gasteiger partial charge in [-0.3, -0.25) is 4.79 Å². The Kier molecular flexibility index (Phi) is 4.19. The second kappa shape index (κ2) is 5.67. The molecule has 1 aromatic rings. The third-order valence-electron chi connectivity index (χ3n) is 2.83. The lowest BCUT2D eigenvalue weighted by Gasteiger charge is -2.07. The zero-order valence-electron chi connectivity index (χ0n) is 9.83. The van der Waals surface area contributed by atoms with Crippen LogP contribution in [0, 0.1) is 5.92 Å². The highest BCUT2D eigenvalue weighted by Gasteiger charge is 2.27. The van der Waals surface area contributed by atoms with Crippen molar-refractivity contribution in [3.05, 3.63) is 28.5 Å². The standard InChI is InChI=1S/C12H15NO3S2/c14-12(4-3-11-2-1-6-17-11)13-8-10-5-7-18(15,16)9-10/h1-4,6,10H,5,7-9H2,(H,13,14)/b4-3+. The van der Waals surface area contributed by atoms with Gasteiger partial charge < -0.3 is 5.32 Å². The summed E-state index contributed by atoms with van der Waals surface area (Å²) in [6.45, 7) is 0.437. The van der Waals surface area contributed by atoms with Crippen molar-refractivity contribution >= 4 is 33.2 Å². The predicted molar refractivity (Wildman–Crippen MR) is 73.1 cm³/mol. The van der Waals surface area contributed by atoms with E-state index in [4.69, 9.17) is 0 Å². The average molecular weight is 285 g/mol. The molecule has 98 valence electrons. The Bertz CT molecular complexity index is 532. The quantitative estimate of drug-likeness (QED) is 0.848. The van der Waals surface area contributed by atoms with Gasteiger partial charge in [-0.1, -0.05) is 6.07 Å². The van der Waals surface area contributed by atoms with E-state index in [9.17, 15) is 13.2 Å². The monoisotopic (exact) mass is 285 g/mol. The minimum absolute atomic E-state index is 0.0640. The lowest BCUT2D eigenvalue weighted by molar-refractivity contribution is -0.116. The number of sulfone groups is 1. The van der Waals surface area contributed by atoms with E-state index in [1.807, 2.05) is 17.5 Å². The van der Waals surface area contributed by atoms with Crippen LogP contribution in [0.25, 0.3) is 6.08 Å². The molecule has 1 aliphatic heterocycles. The van der Waals surface area contributed by atoms with Crippen molar-refractivity contribution in [1.82, 2.24) is 5.32 Å². The molecule has 1 saturated heterocycles. The molecule has 0 spiro atoms. The van der Waals surface area contributed by atoms with Crippen LogP contribution < -0.4 is 5.32 Å². The lowest BCUT2D eigenvalue weighted by atomic mass is 10.1. The molecule has 1 amide bonds. The molecule has 1 fully saturated rings. The maximum absolute atomic E-state index is 11.5. The molecular formula is C12H15NO3S2. The fraction of sp³-hybridized carbons (Fsp3) is 0.417. The first-order valence-electron chi connectivity index (χ1n) is 5.75. The van der Waals surface area contributed by atoms with E-state index >= 15 is 0 Å². The summed E-state index contributed by atoms with van der Waals surface area (Å²) in [7, 11) is -2.86. The Hall–Kier alpha value is -1.14. The van der Waals surface area contributed by atoms with E-state index in [0.717, 1.165) is 4.88 Å². The zero-order chi connectivity index (χ0) is 13.0. The van der Waals surface area contributed by atoms with Gasteiger partial charge >= 0.3 is 0 Å².